The predicted molar refractivity (Wildman–Crippen MR) is 121 cm³/mol. The standard InChI is InChI=1S/C22H24N4O2S2/c1-13(2)21(28)23-16-8-6-15(7-9-16)19(27)14(3)30-22-25-24-20(18-5-4-12-29-18)26(22)17-10-11-17/h4-9,12-14,17H,10-11H2,1-3H3,(H,23,28)/t14-/m1/s1. The highest BCUT2D eigenvalue weighted by atomic mass is 32.2. The smallest absolute Gasteiger partial charge is 0.226 e. The number of carbonyl (C=O) groups excluding carboxylic acids is 2. The Balaban J connectivity index is 1.47. The highest BCUT2D eigenvalue weighted by Crippen LogP contribution is 2.42. The van der Waals surface area contributed by atoms with E-state index in [0.29, 0.717) is 17.3 Å². The van der Waals surface area contributed by atoms with Gasteiger partial charge in [-0.15, -0.1) is 21.5 Å². The van der Waals surface area contributed by atoms with Crippen LogP contribution >= 0.6 is 23.1 Å². The van der Waals surface area contributed by atoms with Gasteiger partial charge in [0.15, 0.2) is 16.8 Å². The second-order valence-corrected chi connectivity index (χ2v) is 9.99. The van der Waals surface area contributed by atoms with Crippen LogP contribution in [0.15, 0.2) is 46.9 Å². The van der Waals surface area contributed by atoms with Crippen molar-refractivity contribution in [1.29, 1.82) is 0 Å². The molecule has 1 saturated carbocycles. The second-order valence-electron chi connectivity index (χ2n) is 7.73. The summed E-state index contributed by atoms with van der Waals surface area (Å²) < 4.78 is 2.19. The minimum absolute atomic E-state index is 0.0322. The molecule has 0 unspecified atom stereocenters. The number of Topliss-reactive ketones (excluding diaryl/α,β-unsaturated/α-hetero) is 1. The van der Waals surface area contributed by atoms with Gasteiger partial charge in [0.2, 0.25) is 5.91 Å². The number of amides is 1. The molecule has 1 aliphatic rings. The average Bonchev–Trinajstić information content (AvgIpc) is 3.25. The summed E-state index contributed by atoms with van der Waals surface area (Å²) in [6.07, 6.45) is 2.24. The van der Waals surface area contributed by atoms with E-state index in [-0.39, 0.29) is 22.9 Å². The molecule has 1 N–H and O–H groups in total. The van der Waals surface area contributed by atoms with Crippen molar-refractivity contribution in [2.45, 2.75) is 50.1 Å². The number of aromatic nitrogens is 3. The number of ketones is 1. The summed E-state index contributed by atoms with van der Waals surface area (Å²) in [7, 11) is 0. The Morgan fingerprint density at radius 1 is 1.13 bits per heavy atom. The number of thioether (sulfide) groups is 1. The molecule has 2 heterocycles. The summed E-state index contributed by atoms with van der Waals surface area (Å²) in [5.41, 5.74) is 1.31. The molecule has 1 atom stereocenters. The molecule has 2 aromatic heterocycles. The molecular weight excluding hydrogens is 416 g/mol. The van der Waals surface area contributed by atoms with Crippen molar-refractivity contribution in [1.82, 2.24) is 14.8 Å². The zero-order valence-electron chi connectivity index (χ0n) is 17.2. The van der Waals surface area contributed by atoms with Crippen molar-refractivity contribution in [2.75, 3.05) is 5.32 Å². The summed E-state index contributed by atoms with van der Waals surface area (Å²) in [6.45, 7) is 5.59. The quantitative estimate of drug-likeness (QED) is 0.380. The lowest BCUT2D eigenvalue weighted by Crippen LogP contribution is -2.18. The number of anilines is 1. The third-order valence-electron chi connectivity index (χ3n) is 4.93. The number of nitrogens with one attached hydrogen (secondary N) is 1. The van der Waals surface area contributed by atoms with Gasteiger partial charge in [-0.2, -0.15) is 0 Å². The van der Waals surface area contributed by atoms with Crippen molar-refractivity contribution in [2.24, 2.45) is 5.92 Å². The first-order valence-electron chi connectivity index (χ1n) is 10.0. The van der Waals surface area contributed by atoms with Crippen LogP contribution in [0.3, 0.4) is 0 Å². The molecule has 0 bridgehead atoms. The molecule has 0 radical (unpaired) electrons. The van der Waals surface area contributed by atoms with E-state index in [1.165, 1.54) is 11.8 Å². The van der Waals surface area contributed by atoms with E-state index in [2.05, 4.69) is 26.1 Å². The van der Waals surface area contributed by atoms with Gasteiger partial charge in [-0.3, -0.25) is 14.2 Å². The number of rotatable bonds is 8. The van der Waals surface area contributed by atoms with Gasteiger partial charge >= 0.3 is 0 Å². The number of benzene rings is 1. The van der Waals surface area contributed by atoms with Crippen molar-refractivity contribution >= 4 is 40.5 Å². The Kier molecular flexibility index (Phi) is 6.06. The molecule has 30 heavy (non-hydrogen) atoms. The van der Waals surface area contributed by atoms with Crippen LogP contribution in [-0.2, 0) is 4.79 Å². The third kappa shape index (κ3) is 4.49. The van der Waals surface area contributed by atoms with Gasteiger partial charge in [-0.05, 0) is 55.5 Å². The van der Waals surface area contributed by atoms with Crippen molar-refractivity contribution < 1.29 is 9.59 Å². The van der Waals surface area contributed by atoms with Gasteiger partial charge in [0.1, 0.15) is 0 Å². The lowest BCUT2D eigenvalue weighted by atomic mass is 10.1. The maximum atomic E-state index is 13.0. The molecule has 0 aliphatic heterocycles. The Labute approximate surface area is 184 Å². The van der Waals surface area contributed by atoms with E-state index in [9.17, 15) is 9.59 Å². The SMILES string of the molecule is CC(C)C(=O)Nc1ccc(C(=O)[C@@H](C)Sc2nnc(-c3cccs3)n2C2CC2)cc1. The van der Waals surface area contributed by atoms with Crippen molar-refractivity contribution in [3.63, 3.8) is 0 Å². The molecule has 0 saturated heterocycles. The Morgan fingerprint density at radius 3 is 2.47 bits per heavy atom. The first-order valence-corrected chi connectivity index (χ1v) is 11.8. The summed E-state index contributed by atoms with van der Waals surface area (Å²) in [6, 6.07) is 11.6. The largest absolute Gasteiger partial charge is 0.326 e. The minimum Gasteiger partial charge on any atom is -0.326 e. The van der Waals surface area contributed by atoms with E-state index >= 15 is 0 Å². The van der Waals surface area contributed by atoms with E-state index < -0.39 is 0 Å². The Bertz CT molecular complexity index is 1040. The number of carbonyl (C=O) groups is 2. The molecule has 4 rings (SSSR count). The van der Waals surface area contributed by atoms with E-state index in [4.69, 9.17) is 0 Å². The maximum Gasteiger partial charge on any atom is 0.226 e. The molecular formula is C22H24N4O2S2. The zero-order chi connectivity index (χ0) is 21.3. The number of hydrogen-bond acceptors (Lipinski definition) is 6. The van der Waals surface area contributed by atoms with E-state index in [1.807, 2.05) is 32.2 Å². The van der Waals surface area contributed by atoms with Crippen LogP contribution in [0.2, 0.25) is 0 Å². The molecule has 1 amide bonds. The highest BCUT2D eigenvalue weighted by Gasteiger charge is 2.32. The topological polar surface area (TPSA) is 76.9 Å². The van der Waals surface area contributed by atoms with Crippen molar-refractivity contribution in [3.05, 3.63) is 47.3 Å². The first kappa shape index (κ1) is 20.8. The molecule has 0 spiro atoms. The van der Waals surface area contributed by atoms with Crippen LogP contribution in [0.5, 0.6) is 0 Å². The first-order chi connectivity index (χ1) is 14.4. The van der Waals surface area contributed by atoms with Crippen LogP contribution in [0, 0.1) is 5.92 Å². The van der Waals surface area contributed by atoms with Gasteiger partial charge in [0.25, 0.3) is 0 Å². The van der Waals surface area contributed by atoms with Crippen LogP contribution < -0.4 is 5.32 Å². The summed E-state index contributed by atoms with van der Waals surface area (Å²) in [4.78, 5) is 25.9. The van der Waals surface area contributed by atoms with Crippen LogP contribution in [0.25, 0.3) is 10.7 Å². The van der Waals surface area contributed by atoms with Crippen LogP contribution in [0.4, 0.5) is 5.69 Å². The number of nitrogens with zero attached hydrogens (tertiary/aromatic N) is 3. The van der Waals surface area contributed by atoms with Gasteiger partial charge in [0.05, 0.1) is 10.1 Å². The van der Waals surface area contributed by atoms with Gasteiger partial charge in [-0.25, -0.2) is 0 Å². The fourth-order valence-electron chi connectivity index (χ4n) is 3.04. The molecule has 1 aromatic carbocycles. The Hall–Kier alpha value is -2.45. The lowest BCUT2D eigenvalue weighted by Gasteiger charge is -2.13. The summed E-state index contributed by atoms with van der Waals surface area (Å²) in [5.74, 6) is 0.786. The lowest BCUT2D eigenvalue weighted by molar-refractivity contribution is -0.118. The molecule has 6 nitrogen and oxygen atoms in total. The number of hydrogen-bond donors (Lipinski definition) is 1. The molecule has 156 valence electrons. The van der Waals surface area contributed by atoms with Crippen molar-refractivity contribution in [3.8, 4) is 10.7 Å². The van der Waals surface area contributed by atoms with Crippen LogP contribution in [0.1, 0.15) is 50.0 Å². The zero-order valence-corrected chi connectivity index (χ0v) is 18.8. The number of thiophene rings is 1. The van der Waals surface area contributed by atoms with Gasteiger partial charge in [-0.1, -0.05) is 31.7 Å². The summed E-state index contributed by atoms with van der Waals surface area (Å²) in [5, 5.41) is 14.2. The fraction of sp³-hybridized carbons (Fsp3) is 0.364. The Morgan fingerprint density at radius 2 is 1.87 bits per heavy atom. The minimum atomic E-state index is -0.293. The predicted octanol–water partition coefficient (Wildman–Crippen LogP) is 5.30. The van der Waals surface area contributed by atoms with E-state index in [0.717, 1.165) is 28.7 Å². The van der Waals surface area contributed by atoms with E-state index in [1.54, 1.807) is 35.6 Å². The van der Waals surface area contributed by atoms with Gasteiger partial charge in [0, 0.05) is 23.2 Å². The van der Waals surface area contributed by atoms with Gasteiger partial charge < -0.3 is 5.32 Å². The third-order valence-corrected chi connectivity index (χ3v) is 6.85. The monoisotopic (exact) mass is 440 g/mol. The molecule has 3 aromatic rings. The highest BCUT2D eigenvalue weighted by molar-refractivity contribution is 8.00. The molecule has 8 heteroatoms. The summed E-state index contributed by atoms with van der Waals surface area (Å²) >= 11 is 3.10. The van der Waals surface area contributed by atoms with Crippen LogP contribution in [-0.4, -0.2) is 31.7 Å². The molecule has 1 fully saturated rings. The average molecular weight is 441 g/mol. The normalized spacial score (nSPS) is 14.7. The maximum absolute atomic E-state index is 13.0. The second kappa shape index (κ2) is 8.73. The molecule has 1 aliphatic carbocycles. The fourth-order valence-corrected chi connectivity index (χ4v) is 4.75.